The van der Waals surface area contributed by atoms with Crippen molar-refractivity contribution < 1.29 is 27.1 Å². The van der Waals surface area contributed by atoms with Crippen molar-refractivity contribution >= 4 is 33.1 Å². The number of anilines is 3. The summed E-state index contributed by atoms with van der Waals surface area (Å²) in [7, 11) is -2.79. The van der Waals surface area contributed by atoms with Gasteiger partial charge in [0, 0.05) is 17.6 Å². The van der Waals surface area contributed by atoms with Gasteiger partial charge in [0.2, 0.25) is 10.0 Å². The fraction of sp³-hybridized carbons (Fsp3) is 0.423. The Morgan fingerprint density at radius 2 is 1.89 bits per heavy atom. The van der Waals surface area contributed by atoms with E-state index < -0.39 is 38.9 Å². The summed E-state index contributed by atoms with van der Waals surface area (Å²) in [6.45, 7) is 4.92. The Labute approximate surface area is 219 Å². The molecule has 2 fully saturated rings. The highest BCUT2D eigenvalue weighted by Gasteiger charge is 2.45. The maximum Gasteiger partial charge on any atom is 0.324 e. The number of carbonyl (C=O) groups excluding carboxylic acids is 1. The number of furan rings is 1. The van der Waals surface area contributed by atoms with Gasteiger partial charge in [0.1, 0.15) is 28.9 Å². The minimum absolute atomic E-state index is 0.0373. The lowest BCUT2D eigenvalue weighted by Gasteiger charge is -2.44. The van der Waals surface area contributed by atoms with Crippen molar-refractivity contribution in [2.45, 2.75) is 43.7 Å². The average Bonchev–Trinajstić information content (AvgIpc) is 3.56. The largest absolute Gasteiger partial charge is 0.468 e. The number of ether oxygens (including phenoxy) is 2. The fourth-order valence-corrected chi connectivity index (χ4v) is 6.69. The number of hydrogen-bond acceptors (Lipinski definition) is 10. The van der Waals surface area contributed by atoms with Crippen LogP contribution in [0.3, 0.4) is 0 Å². The Balaban J connectivity index is 1.41. The molecule has 5 rings (SSSR count). The van der Waals surface area contributed by atoms with E-state index in [9.17, 15) is 22.8 Å². The summed E-state index contributed by atoms with van der Waals surface area (Å²) in [4.78, 5) is 37.2. The van der Waals surface area contributed by atoms with Crippen LogP contribution < -0.4 is 21.5 Å². The standard InChI is InChI=1S/C26H29N3O8S/c1-15-9-10-19(37-15)24(26(2)13-36-14-26)28-21-20(22(30)23(21)31)27-16-6-4-7-17(12-16)38(33,34)29-11-5-8-18(29)25(32)35-3/h4,6-7,9-10,12,18,24,27-28H,5,8,11,13-14H2,1-3H3/t18-,24?/m1/s1. The molecule has 0 bridgehead atoms. The second kappa shape index (κ2) is 9.68. The number of sulfonamides is 1. The first-order valence-corrected chi connectivity index (χ1v) is 13.7. The summed E-state index contributed by atoms with van der Waals surface area (Å²) in [5.74, 6) is 0.724. The number of rotatable bonds is 9. The minimum atomic E-state index is -4.01. The predicted octanol–water partition coefficient (Wildman–Crippen LogP) is 2.44. The van der Waals surface area contributed by atoms with E-state index >= 15 is 0 Å². The molecule has 2 atom stereocenters. The highest BCUT2D eigenvalue weighted by atomic mass is 32.2. The third kappa shape index (κ3) is 4.42. The first kappa shape index (κ1) is 26.1. The van der Waals surface area contributed by atoms with Gasteiger partial charge in [-0.25, -0.2) is 8.42 Å². The molecule has 2 N–H and O–H groups in total. The first-order chi connectivity index (χ1) is 18.0. The van der Waals surface area contributed by atoms with Crippen LogP contribution >= 0.6 is 0 Å². The topological polar surface area (TPSA) is 144 Å². The van der Waals surface area contributed by atoms with Crippen LogP contribution in [-0.4, -0.2) is 51.6 Å². The zero-order valence-electron chi connectivity index (χ0n) is 21.3. The quantitative estimate of drug-likeness (QED) is 0.305. The molecule has 0 amide bonds. The molecule has 3 aromatic rings. The lowest BCUT2D eigenvalue weighted by atomic mass is 9.79. The van der Waals surface area contributed by atoms with Crippen LogP contribution in [0.4, 0.5) is 17.1 Å². The molecule has 0 spiro atoms. The maximum absolute atomic E-state index is 13.3. The van der Waals surface area contributed by atoms with Crippen molar-refractivity contribution in [3.63, 3.8) is 0 Å². The lowest BCUT2D eigenvalue weighted by Crippen LogP contribution is -2.49. The van der Waals surface area contributed by atoms with E-state index in [4.69, 9.17) is 13.9 Å². The van der Waals surface area contributed by atoms with Crippen LogP contribution in [0.1, 0.15) is 37.3 Å². The van der Waals surface area contributed by atoms with Gasteiger partial charge in [-0.2, -0.15) is 4.31 Å². The van der Waals surface area contributed by atoms with Crippen LogP contribution in [0, 0.1) is 12.3 Å². The molecule has 3 heterocycles. The number of esters is 1. The van der Waals surface area contributed by atoms with Gasteiger partial charge in [0.25, 0.3) is 10.9 Å². The normalized spacial score (nSPS) is 20.1. The maximum atomic E-state index is 13.3. The molecule has 1 unspecified atom stereocenters. The Bertz CT molecular complexity index is 1550. The number of hydrogen-bond donors (Lipinski definition) is 2. The van der Waals surface area contributed by atoms with E-state index in [2.05, 4.69) is 10.6 Å². The number of methoxy groups -OCH3 is 1. The second-order valence-electron chi connectivity index (χ2n) is 10.0. The third-order valence-corrected chi connectivity index (χ3v) is 9.10. The zero-order chi connectivity index (χ0) is 27.2. The molecule has 1 aromatic heterocycles. The third-order valence-electron chi connectivity index (χ3n) is 7.19. The summed E-state index contributed by atoms with van der Waals surface area (Å²) in [6.07, 6.45) is 0.915. The van der Waals surface area contributed by atoms with E-state index in [0.717, 1.165) is 4.31 Å². The molecule has 0 aliphatic carbocycles. The van der Waals surface area contributed by atoms with Gasteiger partial charge in [0.05, 0.1) is 31.3 Å². The SMILES string of the molecule is COC(=O)[C@H]1CCCN1S(=O)(=O)c1cccc(Nc2c(NC(c3ccc(C)o3)C3(C)COC3)c(=O)c2=O)c1. The van der Waals surface area contributed by atoms with Gasteiger partial charge in [0.15, 0.2) is 0 Å². The van der Waals surface area contributed by atoms with E-state index in [-0.39, 0.29) is 28.2 Å². The number of benzene rings is 1. The van der Waals surface area contributed by atoms with Crippen molar-refractivity contribution in [1.82, 2.24) is 4.31 Å². The van der Waals surface area contributed by atoms with E-state index in [0.29, 0.717) is 43.3 Å². The van der Waals surface area contributed by atoms with E-state index in [1.165, 1.54) is 25.3 Å². The summed E-state index contributed by atoms with van der Waals surface area (Å²) in [5.41, 5.74) is -1.31. The molecule has 0 saturated carbocycles. The van der Waals surface area contributed by atoms with E-state index in [1.54, 1.807) is 6.07 Å². The van der Waals surface area contributed by atoms with Crippen molar-refractivity contribution in [2.75, 3.05) is 37.5 Å². The number of carbonyl (C=O) groups is 1. The Morgan fingerprint density at radius 1 is 1.16 bits per heavy atom. The number of nitrogens with one attached hydrogen (secondary N) is 2. The van der Waals surface area contributed by atoms with Crippen LogP contribution in [0.15, 0.2) is 55.3 Å². The zero-order valence-corrected chi connectivity index (χ0v) is 22.1. The predicted molar refractivity (Wildman–Crippen MR) is 139 cm³/mol. The van der Waals surface area contributed by atoms with Gasteiger partial charge >= 0.3 is 5.97 Å². The summed E-state index contributed by atoms with van der Waals surface area (Å²) < 4.78 is 43.8. The van der Waals surface area contributed by atoms with Gasteiger partial charge in [-0.3, -0.25) is 14.4 Å². The molecule has 0 radical (unpaired) electrons. The van der Waals surface area contributed by atoms with E-state index in [1.807, 2.05) is 26.0 Å². The molecule has 11 nitrogen and oxygen atoms in total. The summed E-state index contributed by atoms with van der Waals surface area (Å²) in [5, 5.41) is 6.10. The van der Waals surface area contributed by atoms with Gasteiger partial charge in [-0.05, 0) is 50.1 Å². The number of nitrogens with zero attached hydrogens (tertiary/aromatic N) is 1. The highest BCUT2D eigenvalue weighted by Crippen LogP contribution is 2.43. The molecule has 2 aliphatic heterocycles. The second-order valence-corrected chi connectivity index (χ2v) is 11.9. The van der Waals surface area contributed by atoms with Gasteiger partial charge < -0.3 is 24.5 Å². The molecular weight excluding hydrogens is 514 g/mol. The molecular formula is C26H29N3O8S. The molecule has 202 valence electrons. The van der Waals surface area contributed by atoms with Crippen LogP contribution in [0.2, 0.25) is 0 Å². The Kier molecular flexibility index (Phi) is 6.66. The molecule has 38 heavy (non-hydrogen) atoms. The minimum Gasteiger partial charge on any atom is -0.468 e. The number of aryl methyl sites for hydroxylation is 1. The molecule has 2 aliphatic rings. The molecule has 2 aromatic carbocycles. The monoisotopic (exact) mass is 543 g/mol. The fourth-order valence-electron chi connectivity index (χ4n) is 4.99. The van der Waals surface area contributed by atoms with Crippen molar-refractivity contribution in [1.29, 1.82) is 0 Å². The van der Waals surface area contributed by atoms with Crippen LogP contribution in [-0.2, 0) is 24.3 Å². The smallest absolute Gasteiger partial charge is 0.324 e. The highest BCUT2D eigenvalue weighted by molar-refractivity contribution is 7.89. The van der Waals surface area contributed by atoms with Crippen LogP contribution in [0.5, 0.6) is 0 Å². The van der Waals surface area contributed by atoms with Crippen molar-refractivity contribution in [2.24, 2.45) is 5.41 Å². The Morgan fingerprint density at radius 3 is 2.53 bits per heavy atom. The summed E-state index contributed by atoms with van der Waals surface area (Å²) in [6, 6.07) is 8.25. The van der Waals surface area contributed by atoms with Crippen molar-refractivity contribution in [3.8, 4) is 0 Å². The average molecular weight is 544 g/mol. The molecule has 12 heteroatoms. The first-order valence-electron chi connectivity index (χ1n) is 12.3. The summed E-state index contributed by atoms with van der Waals surface area (Å²) >= 11 is 0. The van der Waals surface area contributed by atoms with Gasteiger partial charge in [-0.15, -0.1) is 0 Å². The van der Waals surface area contributed by atoms with Crippen molar-refractivity contribution in [3.05, 3.63) is 68.4 Å². The van der Waals surface area contributed by atoms with Gasteiger partial charge in [-0.1, -0.05) is 13.0 Å². The van der Waals surface area contributed by atoms with Crippen LogP contribution in [0.25, 0.3) is 0 Å². The Hall–Kier alpha value is -3.48. The lowest BCUT2D eigenvalue weighted by molar-refractivity contribution is -0.144. The molecule has 2 saturated heterocycles.